The normalized spacial score (nSPS) is 11.8. The Morgan fingerprint density at radius 2 is 0.977 bits per heavy atom. The molecule has 0 fully saturated rings. The van der Waals surface area contributed by atoms with Crippen molar-refractivity contribution in [1.29, 1.82) is 0 Å². The molecule has 0 N–H and O–H groups in total. The van der Waals surface area contributed by atoms with Crippen molar-refractivity contribution in [3.05, 3.63) is 144 Å². The summed E-state index contributed by atoms with van der Waals surface area (Å²) in [5.41, 5.74) is 9.62. The fourth-order valence-electron chi connectivity index (χ4n) is 6.85. The Bertz CT molecular complexity index is 2390. The summed E-state index contributed by atoms with van der Waals surface area (Å²) in [7, 11) is 0. The van der Waals surface area contributed by atoms with Gasteiger partial charge < -0.3 is 9.13 Å². The van der Waals surface area contributed by atoms with Gasteiger partial charge in [-0.1, -0.05) is 65.7 Å². The van der Waals surface area contributed by atoms with E-state index in [1.807, 2.05) is 24.3 Å². The summed E-state index contributed by atoms with van der Waals surface area (Å²) in [6.07, 6.45) is 0. The van der Waals surface area contributed by atoms with Crippen molar-refractivity contribution in [3.8, 4) is 22.5 Å². The number of nitrogens with zero attached hydrogens (tertiary/aromatic N) is 2. The average molecular weight is 563 g/mol. The second-order valence-corrected chi connectivity index (χ2v) is 11.4. The Hall–Kier alpha value is -5.22. The van der Waals surface area contributed by atoms with Crippen LogP contribution in [0.25, 0.3) is 66.1 Å². The molecule has 208 valence electrons. The Balaban J connectivity index is 1.57. The fourth-order valence-corrected chi connectivity index (χ4v) is 6.85. The first-order valence-electron chi connectivity index (χ1n) is 14.5. The third kappa shape index (κ3) is 3.69. The molecule has 0 spiro atoms. The van der Waals surface area contributed by atoms with Crippen LogP contribution in [0.15, 0.2) is 115 Å². The third-order valence-electron chi connectivity index (χ3n) is 8.76. The second kappa shape index (κ2) is 9.40. The summed E-state index contributed by atoms with van der Waals surface area (Å²) in [5, 5.41) is 4.54. The number of para-hydroxylation sites is 2. The lowest BCUT2D eigenvalue weighted by atomic mass is 9.97. The molecule has 0 atom stereocenters. The molecule has 6 aromatic carbocycles. The van der Waals surface area contributed by atoms with Crippen LogP contribution in [0.1, 0.15) is 16.7 Å². The minimum atomic E-state index is -0.586. The zero-order valence-electron chi connectivity index (χ0n) is 24.1. The highest BCUT2D eigenvalue weighted by Crippen LogP contribution is 2.42. The van der Waals surface area contributed by atoms with Crippen LogP contribution in [-0.4, -0.2) is 9.13 Å². The molecule has 2 heterocycles. The van der Waals surface area contributed by atoms with Gasteiger partial charge in [0, 0.05) is 27.1 Å². The summed E-state index contributed by atoms with van der Waals surface area (Å²) in [5.74, 6) is -1.17. The predicted octanol–water partition coefficient (Wildman–Crippen LogP) is 10.8. The lowest BCUT2D eigenvalue weighted by molar-refractivity contribution is 0.589. The van der Waals surface area contributed by atoms with Gasteiger partial charge in [0.2, 0.25) is 0 Å². The van der Waals surface area contributed by atoms with Crippen LogP contribution in [0.5, 0.6) is 0 Å². The van der Waals surface area contributed by atoms with E-state index in [1.54, 1.807) is 0 Å². The zero-order chi connectivity index (χ0) is 29.4. The van der Waals surface area contributed by atoms with Crippen LogP contribution in [0.2, 0.25) is 0 Å². The smallest absolute Gasteiger partial charge is 0.134 e. The molecule has 8 aromatic rings. The molecule has 0 aliphatic heterocycles. The van der Waals surface area contributed by atoms with E-state index < -0.39 is 11.6 Å². The standard InChI is InChI=1S/C39H28F2N2/c1-23-15-18-36-29(21-23)26-9-4-6-13-34(26)42(36)33-20-17-28(38-31(40)11-8-12-32(38)41)39(25(33)3)43-35-14-7-5-10-27(35)30-22-24(2)16-19-37(30)43/h4-22H,1-3H3. The van der Waals surface area contributed by atoms with E-state index >= 15 is 8.78 Å². The van der Waals surface area contributed by atoms with Crippen LogP contribution in [0.4, 0.5) is 8.78 Å². The Morgan fingerprint density at radius 1 is 0.465 bits per heavy atom. The van der Waals surface area contributed by atoms with Crippen molar-refractivity contribution in [3.63, 3.8) is 0 Å². The number of hydrogen-bond donors (Lipinski definition) is 0. The third-order valence-corrected chi connectivity index (χ3v) is 8.76. The first kappa shape index (κ1) is 25.5. The SMILES string of the molecule is Cc1ccc2c(c1)c1ccccc1n2-c1ccc(-c2c(F)cccc2F)c(-n2c3ccccc3c3cc(C)ccc32)c1C. The first-order valence-corrected chi connectivity index (χ1v) is 14.5. The van der Waals surface area contributed by atoms with Gasteiger partial charge in [0.1, 0.15) is 11.6 Å². The summed E-state index contributed by atoms with van der Waals surface area (Å²) in [4.78, 5) is 0. The van der Waals surface area contributed by atoms with Crippen LogP contribution in [0, 0.1) is 32.4 Å². The lowest BCUT2D eigenvalue weighted by Gasteiger charge is -2.21. The number of rotatable bonds is 3. The van der Waals surface area contributed by atoms with Gasteiger partial charge in [-0.15, -0.1) is 0 Å². The number of aromatic nitrogens is 2. The van der Waals surface area contributed by atoms with Gasteiger partial charge in [-0.3, -0.25) is 0 Å². The van der Waals surface area contributed by atoms with Gasteiger partial charge in [-0.2, -0.15) is 0 Å². The summed E-state index contributed by atoms with van der Waals surface area (Å²) in [6.45, 7) is 6.26. The highest BCUT2D eigenvalue weighted by Gasteiger charge is 2.24. The highest BCUT2D eigenvalue weighted by molar-refractivity contribution is 6.11. The van der Waals surface area contributed by atoms with E-state index in [2.05, 4.69) is 103 Å². The van der Waals surface area contributed by atoms with Crippen LogP contribution < -0.4 is 0 Å². The monoisotopic (exact) mass is 562 g/mol. The molecule has 43 heavy (non-hydrogen) atoms. The number of fused-ring (bicyclic) bond motifs is 6. The Morgan fingerprint density at radius 3 is 1.58 bits per heavy atom. The van der Waals surface area contributed by atoms with E-state index in [4.69, 9.17) is 0 Å². The Labute approximate surface area is 248 Å². The second-order valence-electron chi connectivity index (χ2n) is 11.4. The summed E-state index contributed by atoms with van der Waals surface area (Å²) >= 11 is 0. The number of aryl methyl sites for hydroxylation is 2. The number of hydrogen-bond acceptors (Lipinski definition) is 0. The van der Waals surface area contributed by atoms with Gasteiger partial charge in [0.15, 0.2) is 0 Å². The molecule has 0 saturated heterocycles. The van der Waals surface area contributed by atoms with Gasteiger partial charge in [0.05, 0.1) is 39.0 Å². The molecule has 0 bridgehead atoms. The summed E-state index contributed by atoms with van der Waals surface area (Å²) in [6, 6.07) is 37.5. The van der Waals surface area contributed by atoms with Gasteiger partial charge in [-0.05, 0) is 87.0 Å². The zero-order valence-corrected chi connectivity index (χ0v) is 24.1. The largest absolute Gasteiger partial charge is 0.309 e. The average Bonchev–Trinajstić information content (AvgIpc) is 3.49. The van der Waals surface area contributed by atoms with Crippen LogP contribution in [-0.2, 0) is 0 Å². The molecular weight excluding hydrogens is 534 g/mol. The van der Waals surface area contributed by atoms with Crippen molar-refractivity contribution < 1.29 is 8.78 Å². The van der Waals surface area contributed by atoms with Crippen LogP contribution in [0.3, 0.4) is 0 Å². The van der Waals surface area contributed by atoms with Crippen molar-refractivity contribution in [2.24, 2.45) is 0 Å². The minimum Gasteiger partial charge on any atom is -0.309 e. The Kier molecular flexibility index (Phi) is 5.57. The molecule has 4 heteroatoms. The molecule has 0 unspecified atom stereocenters. The molecular formula is C39H28F2N2. The maximum Gasteiger partial charge on any atom is 0.134 e. The molecule has 2 nitrogen and oxygen atoms in total. The van der Waals surface area contributed by atoms with Crippen molar-refractivity contribution in [1.82, 2.24) is 9.13 Å². The maximum atomic E-state index is 15.5. The number of benzene rings is 6. The lowest BCUT2D eigenvalue weighted by Crippen LogP contribution is -2.07. The van der Waals surface area contributed by atoms with Crippen LogP contribution >= 0.6 is 0 Å². The van der Waals surface area contributed by atoms with Gasteiger partial charge >= 0.3 is 0 Å². The minimum absolute atomic E-state index is 0.0250. The predicted molar refractivity (Wildman–Crippen MR) is 175 cm³/mol. The molecule has 0 amide bonds. The van der Waals surface area contributed by atoms with E-state index in [-0.39, 0.29) is 5.56 Å². The van der Waals surface area contributed by atoms with E-state index in [9.17, 15) is 0 Å². The molecule has 2 aromatic heterocycles. The first-order chi connectivity index (χ1) is 20.9. The topological polar surface area (TPSA) is 9.86 Å². The van der Waals surface area contributed by atoms with Gasteiger partial charge in [0.25, 0.3) is 0 Å². The van der Waals surface area contributed by atoms with Crippen molar-refractivity contribution in [2.45, 2.75) is 20.8 Å². The van der Waals surface area contributed by atoms with Crippen molar-refractivity contribution >= 4 is 43.6 Å². The molecule has 0 aliphatic carbocycles. The number of halogens is 2. The quantitative estimate of drug-likeness (QED) is 0.203. The summed E-state index contributed by atoms with van der Waals surface area (Å²) < 4.78 is 35.6. The molecule has 0 saturated carbocycles. The fraction of sp³-hybridized carbons (Fsp3) is 0.0769. The molecule has 8 rings (SSSR count). The van der Waals surface area contributed by atoms with Gasteiger partial charge in [-0.25, -0.2) is 8.78 Å². The van der Waals surface area contributed by atoms with Crippen molar-refractivity contribution in [2.75, 3.05) is 0 Å². The van der Waals surface area contributed by atoms with E-state index in [0.717, 1.165) is 55.3 Å². The molecule has 0 radical (unpaired) electrons. The van der Waals surface area contributed by atoms with E-state index in [1.165, 1.54) is 34.5 Å². The maximum absolute atomic E-state index is 15.5. The highest BCUT2D eigenvalue weighted by atomic mass is 19.1. The molecule has 0 aliphatic rings. The van der Waals surface area contributed by atoms with E-state index in [0.29, 0.717) is 5.56 Å².